The van der Waals surface area contributed by atoms with Crippen molar-refractivity contribution in [2.45, 2.75) is 36.5 Å². The van der Waals surface area contributed by atoms with Crippen molar-refractivity contribution in [3.05, 3.63) is 65.2 Å². The van der Waals surface area contributed by atoms with Crippen molar-refractivity contribution in [1.29, 1.82) is 0 Å². The Morgan fingerprint density at radius 3 is 2.00 bits per heavy atom. The highest BCUT2D eigenvalue weighted by molar-refractivity contribution is 7.91. The number of nitrogens with two attached hydrogens (primary N) is 1. The number of carbonyl (C=O) groups is 1. The minimum atomic E-state index is -4.68. The van der Waals surface area contributed by atoms with Crippen molar-refractivity contribution >= 4 is 15.7 Å². The number of hydrogen-bond donors (Lipinski definition) is 2. The van der Waals surface area contributed by atoms with Crippen molar-refractivity contribution in [1.82, 2.24) is 5.32 Å². The number of nitrogens with one attached hydrogen (secondary N) is 1. The molecule has 0 aliphatic heterocycles. The molecule has 0 spiro atoms. The largest absolute Gasteiger partial charge is 0.350 e. The first-order chi connectivity index (χ1) is 12.6. The van der Waals surface area contributed by atoms with Crippen molar-refractivity contribution in [3.63, 3.8) is 0 Å². The summed E-state index contributed by atoms with van der Waals surface area (Å²) in [5.41, 5.74) is 8.30. The maximum atomic E-state index is 12.5. The Labute approximate surface area is 157 Å². The zero-order valence-electron chi connectivity index (χ0n) is 15.0. The topological polar surface area (TPSA) is 89.3 Å². The van der Waals surface area contributed by atoms with Gasteiger partial charge >= 0.3 is 5.76 Å². The molecule has 146 valence electrons. The van der Waals surface area contributed by atoms with Gasteiger partial charge in [-0.3, -0.25) is 4.79 Å². The third-order valence-corrected chi connectivity index (χ3v) is 5.59. The Kier molecular flexibility index (Phi) is 6.67. The Morgan fingerprint density at radius 1 is 1.00 bits per heavy atom. The Balaban J connectivity index is 1.99. The number of sulfone groups is 1. The molecule has 0 bridgehead atoms. The molecular weight excluding hydrogens is 374 g/mol. The Bertz CT molecular complexity index is 880. The van der Waals surface area contributed by atoms with Crippen LogP contribution in [0.2, 0.25) is 0 Å². The van der Waals surface area contributed by atoms with Gasteiger partial charge in [-0.1, -0.05) is 38.1 Å². The van der Waals surface area contributed by atoms with Gasteiger partial charge in [0.05, 0.1) is 4.90 Å². The van der Waals surface area contributed by atoms with Crippen molar-refractivity contribution < 1.29 is 22.0 Å². The number of benzene rings is 2. The summed E-state index contributed by atoms with van der Waals surface area (Å²) in [5.74, 6) is -3.56. The summed E-state index contributed by atoms with van der Waals surface area (Å²) in [6.45, 7) is 4.36. The third-order valence-electron chi connectivity index (χ3n) is 4.19. The molecule has 1 unspecified atom stereocenters. The molecule has 1 amide bonds. The maximum absolute atomic E-state index is 12.5. The molecular formula is C19H22F2N2O3S. The van der Waals surface area contributed by atoms with E-state index in [1.807, 2.05) is 24.3 Å². The van der Waals surface area contributed by atoms with Gasteiger partial charge in [-0.25, -0.2) is 8.42 Å². The third kappa shape index (κ3) is 5.11. The summed E-state index contributed by atoms with van der Waals surface area (Å²) in [6.07, 6.45) is 0. The van der Waals surface area contributed by atoms with Gasteiger partial charge in [0, 0.05) is 18.2 Å². The van der Waals surface area contributed by atoms with Gasteiger partial charge in [-0.05, 0) is 41.3 Å². The summed E-state index contributed by atoms with van der Waals surface area (Å²) in [5, 5.41) is 2.65. The van der Waals surface area contributed by atoms with Gasteiger partial charge in [0.25, 0.3) is 5.91 Å². The molecule has 3 N–H and O–H groups in total. The lowest BCUT2D eigenvalue weighted by molar-refractivity contribution is 0.0951. The van der Waals surface area contributed by atoms with E-state index in [9.17, 15) is 22.0 Å². The molecule has 1 atom stereocenters. The van der Waals surface area contributed by atoms with E-state index in [0.717, 1.165) is 17.7 Å². The van der Waals surface area contributed by atoms with E-state index >= 15 is 0 Å². The average molecular weight is 396 g/mol. The molecule has 0 aliphatic carbocycles. The van der Waals surface area contributed by atoms with Crippen LogP contribution < -0.4 is 11.1 Å². The Hall–Kier alpha value is -2.32. The number of amides is 1. The molecule has 8 heteroatoms. The quantitative estimate of drug-likeness (QED) is 0.752. The van der Waals surface area contributed by atoms with Crippen LogP contribution in [0.25, 0.3) is 0 Å². The molecule has 0 aromatic heterocycles. The Morgan fingerprint density at radius 2 is 1.52 bits per heavy atom. The van der Waals surface area contributed by atoms with E-state index in [4.69, 9.17) is 5.73 Å². The van der Waals surface area contributed by atoms with Crippen LogP contribution in [0.4, 0.5) is 8.78 Å². The first-order valence-electron chi connectivity index (χ1n) is 8.38. The molecule has 0 aliphatic rings. The minimum absolute atomic E-state index is 0.158. The average Bonchev–Trinajstić information content (AvgIpc) is 2.65. The summed E-state index contributed by atoms with van der Waals surface area (Å²) in [4.78, 5) is 11.6. The molecule has 2 rings (SSSR count). The van der Waals surface area contributed by atoms with Gasteiger partial charge < -0.3 is 11.1 Å². The molecule has 27 heavy (non-hydrogen) atoms. The van der Waals surface area contributed by atoms with Gasteiger partial charge in [0.15, 0.2) is 0 Å². The van der Waals surface area contributed by atoms with Crippen LogP contribution in [0.15, 0.2) is 53.4 Å². The van der Waals surface area contributed by atoms with Crippen molar-refractivity contribution in [3.8, 4) is 0 Å². The van der Waals surface area contributed by atoms with Crippen LogP contribution >= 0.6 is 0 Å². The molecule has 2 aromatic carbocycles. The predicted octanol–water partition coefficient (Wildman–Crippen LogP) is 3.24. The molecule has 0 heterocycles. The lowest BCUT2D eigenvalue weighted by Crippen LogP contribution is -2.31. The highest BCUT2D eigenvalue weighted by atomic mass is 32.2. The molecule has 2 aromatic rings. The van der Waals surface area contributed by atoms with Crippen LogP contribution in [-0.4, -0.2) is 26.6 Å². The second kappa shape index (κ2) is 8.58. The van der Waals surface area contributed by atoms with Crippen LogP contribution in [0.5, 0.6) is 0 Å². The molecule has 0 radical (unpaired) electrons. The predicted molar refractivity (Wildman–Crippen MR) is 99.4 cm³/mol. The van der Waals surface area contributed by atoms with E-state index < -0.39 is 32.4 Å². The smallest absolute Gasteiger partial charge is 0.341 e. The standard InChI is InChI=1S/C19H22F2N2O3S/c1-12(2)13-3-5-14(6-4-13)17(22)11-23-18(24)15-7-9-16(10-8-15)27(25,26)19(20)21/h3-10,12,17,19H,11,22H2,1-2H3,(H,23,24). The summed E-state index contributed by atoms with van der Waals surface area (Å²) >= 11 is 0. The second-order valence-corrected chi connectivity index (χ2v) is 8.39. The fourth-order valence-electron chi connectivity index (χ4n) is 2.45. The van der Waals surface area contributed by atoms with Crippen LogP contribution in [0, 0.1) is 0 Å². The van der Waals surface area contributed by atoms with Gasteiger partial charge in [-0.2, -0.15) is 8.78 Å². The second-order valence-electron chi connectivity index (χ2n) is 6.47. The summed E-state index contributed by atoms with van der Waals surface area (Å²) < 4.78 is 47.8. The fraction of sp³-hybridized carbons (Fsp3) is 0.316. The maximum Gasteiger partial charge on any atom is 0.341 e. The van der Waals surface area contributed by atoms with Gasteiger partial charge in [0.2, 0.25) is 9.84 Å². The first-order valence-corrected chi connectivity index (χ1v) is 9.93. The van der Waals surface area contributed by atoms with Crippen LogP contribution in [0.1, 0.15) is 47.3 Å². The van der Waals surface area contributed by atoms with E-state index in [1.54, 1.807) is 0 Å². The summed E-state index contributed by atoms with van der Waals surface area (Å²) in [7, 11) is -4.68. The molecule has 0 saturated carbocycles. The number of rotatable bonds is 7. The number of carbonyl (C=O) groups excluding carboxylic acids is 1. The zero-order chi connectivity index (χ0) is 20.2. The first kappa shape index (κ1) is 21.0. The zero-order valence-corrected chi connectivity index (χ0v) is 15.8. The lowest BCUT2D eigenvalue weighted by Gasteiger charge is -2.15. The number of hydrogen-bond acceptors (Lipinski definition) is 4. The minimum Gasteiger partial charge on any atom is -0.350 e. The highest BCUT2D eigenvalue weighted by Crippen LogP contribution is 2.19. The highest BCUT2D eigenvalue weighted by Gasteiger charge is 2.26. The van der Waals surface area contributed by atoms with E-state index in [0.29, 0.717) is 5.92 Å². The van der Waals surface area contributed by atoms with Crippen molar-refractivity contribution in [2.75, 3.05) is 6.54 Å². The monoisotopic (exact) mass is 396 g/mol. The molecule has 0 saturated heterocycles. The number of alkyl halides is 2. The van der Waals surface area contributed by atoms with Crippen molar-refractivity contribution in [2.24, 2.45) is 5.73 Å². The van der Waals surface area contributed by atoms with Crippen LogP contribution in [-0.2, 0) is 9.84 Å². The fourth-order valence-corrected chi connectivity index (χ4v) is 3.17. The lowest BCUT2D eigenvalue weighted by atomic mass is 9.99. The van der Waals surface area contributed by atoms with E-state index in [1.165, 1.54) is 17.7 Å². The molecule has 5 nitrogen and oxygen atoms in total. The summed E-state index contributed by atoms with van der Waals surface area (Å²) in [6, 6.07) is 11.7. The van der Waals surface area contributed by atoms with E-state index in [2.05, 4.69) is 19.2 Å². The van der Waals surface area contributed by atoms with Gasteiger partial charge in [0.1, 0.15) is 0 Å². The van der Waals surface area contributed by atoms with E-state index in [-0.39, 0.29) is 12.1 Å². The van der Waals surface area contributed by atoms with Gasteiger partial charge in [-0.15, -0.1) is 0 Å². The van der Waals surface area contributed by atoms with Crippen LogP contribution in [0.3, 0.4) is 0 Å². The SMILES string of the molecule is CC(C)c1ccc(C(N)CNC(=O)c2ccc(S(=O)(=O)C(F)F)cc2)cc1. The molecule has 0 fully saturated rings. The normalized spacial score (nSPS) is 13.0. The number of halogens is 2.